The molecular weight excluding hydrogens is 1100 g/mol. The van der Waals surface area contributed by atoms with Crippen molar-refractivity contribution in [2.45, 2.75) is 5.41 Å². The Balaban J connectivity index is 0.958. The van der Waals surface area contributed by atoms with Crippen LogP contribution in [0.1, 0.15) is 22.3 Å². The molecule has 0 N–H and O–H groups in total. The lowest BCUT2D eigenvalue weighted by Gasteiger charge is -2.33. The monoisotopic (exact) mass is 1150 g/mol. The van der Waals surface area contributed by atoms with Gasteiger partial charge in [-0.1, -0.05) is 243 Å². The number of aromatic nitrogens is 1. The van der Waals surface area contributed by atoms with Crippen LogP contribution in [-0.4, -0.2) is 4.57 Å². The van der Waals surface area contributed by atoms with Crippen LogP contribution in [-0.2, 0) is 5.41 Å². The third kappa shape index (κ3) is 7.84. The first-order valence-corrected chi connectivity index (χ1v) is 31.5. The number of benzene rings is 14. The van der Waals surface area contributed by atoms with Crippen LogP contribution in [0.25, 0.3) is 103 Å². The number of nitrogens with zero attached hydrogens (tertiary/aromatic N) is 3. The summed E-state index contributed by atoms with van der Waals surface area (Å²) in [7, 11) is 0. The highest BCUT2D eigenvalue weighted by atomic mass is 32.1. The van der Waals surface area contributed by atoms with Crippen molar-refractivity contribution in [3.05, 3.63) is 356 Å². The first-order chi connectivity index (χ1) is 44.2. The van der Waals surface area contributed by atoms with Crippen molar-refractivity contribution in [2.75, 3.05) is 9.80 Å². The van der Waals surface area contributed by atoms with E-state index >= 15 is 0 Å². The Morgan fingerprint density at radius 3 is 1.40 bits per heavy atom. The maximum atomic E-state index is 2.56. The zero-order valence-corrected chi connectivity index (χ0v) is 49.3. The second-order valence-corrected chi connectivity index (χ2v) is 24.5. The molecule has 18 rings (SSSR count). The van der Waals surface area contributed by atoms with E-state index < -0.39 is 5.41 Å². The summed E-state index contributed by atoms with van der Waals surface area (Å²) in [6, 6.07) is 124. The molecule has 416 valence electrons. The van der Waals surface area contributed by atoms with Crippen LogP contribution in [0.15, 0.2) is 334 Å². The Morgan fingerprint density at radius 1 is 0.292 bits per heavy atom. The minimum absolute atomic E-state index is 0.540. The van der Waals surface area contributed by atoms with E-state index in [0.29, 0.717) is 0 Å². The van der Waals surface area contributed by atoms with Gasteiger partial charge in [-0.05, 0) is 158 Å². The van der Waals surface area contributed by atoms with E-state index in [1.54, 1.807) is 0 Å². The van der Waals surface area contributed by atoms with Crippen molar-refractivity contribution >= 4 is 87.4 Å². The van der Waals surface area contributed by atoms with Crippen molar-refractivity contribution < 1.29 is 0 Å². The van der Waals surface area contributed by atoms with Crippen LogP contribution in [0.2, 0.25) is 0 Å². The molecule has 2 aliphatic carbocycles. The van der Waals surface area contributed by atoms with Crippen molar-refractivity contribution in [1.29, 1.82) is 0 Å². The number of hydrogen-bond acceptors (Lipinski definition) is 3. The quantitative estimate of drug-likeness (QED) is 0.135. The summed E-state index contributed by atoms with van der Waals surface area (Å²) in [5.41, 5.74) is 26.6. The molecule has 0 amide bonds. The van der Waals surface area contributed by atoms with E-state index in [-0.39, 0.29) is 0 Å². The number of hydrogen-bond donors (Lipinski definition) is 0. The molecule has 2 heterocycles. The molecule has 0 bridgehead atoms. The fraction of sp³-hybridized carbons (Fsp3) is 0.0118. The highest BCUT2D eigenvalue weighted by molar-refractivity contribution is 7.26. The van der Waals surface area contributed by atoms with Crippen molar-refractivity contribution in [1.82, 2.24) is 4.57 Å². The van der Waals surface area contributed by atoms with Gasteiger partial charge in [0.2, 0.25) is 0 Å². The minimum atomic E-state index is -0.540. The van der Waals surface area contributed by atoms with Gasteiger partial charge in [-0.2, -0.15) is 0 Å². The van der Waals surface area contributed by atoms with E-state index in [2.05, 4.69) is 348 Å². The summed E-state index contributed by atoms with van der Waals surface area (Å²) in [6.07, 6.45) is 0. The SMILES string of the molecule is c1ccc(-c2ccc(N(c3ccccc3)c3cc(-c4cc5c6ccccc6n(-c6ccccc6)c5c5c4sc4ccccc45)cc(N(c4ccc(-c5ccccc5)cc4)c4cccc5c4-c4ccccc4C54c5ccccc5-c5ccccc54)c3)cc2)cc1. The number of thiophene rings is 1. The predicted molar refractivity (Wildman–Crippen MR) is 376 cm³/mol. The van der Waals surface area contributed by atoms with Gasteiger partial charge >= 0.3 is 0 Å². The highest BCUT2D eigenvalue weighted by Gasteiger charge is 2.52. The molecule has 1 spiro atoms. The summed E-state index contributed by atoms with van der Waals surface area (Å²) in [5.74, 6) is 0. The number of para-hydroxylation sites is 3. The zero-order valence-electron chi connectivity index (χ0n) is 48.5. The maximum absolute atomic E-state index is 2.56. The van der Waals surface area contributed by atoms with Crippen molar-refractivity contribution in [3.8, 4) is 61.3 Å². The number of anilines is 6. The molecule has 0 fully saturated rings. The number of rotatable bonds is 10. The van der Waals surface area contributed by atoms with Crippen molar-refractivity contribution in [3.63, 3.8) is 0 Å². The largest absolute Gasteiger partial charge is 0.310 e. The van der Waals surface area contributed by atoms with E-state index in [1.165, 1.54) is 109 Å². The topological polar surface area (TPSA) is 11.4 Å². The Morgan fingerprint density at radius 2 is 0.764 bits per heavy atom. The maximum Gasteiger partial charge on any atom is 0.0726 e. The fourth-order valence-electron chi connectivity index (χ4n) is 15.0. The van der Waals surface area contributed by atoms with E-state index in [1.807, 2.05) is 11.3 Å². The van der Waals surface area contributed by atoms with E-state index in [4.69, 9.17) is 0 Å². The third-order valence-electron chi connectivity index (χ3n) is 18.7. The van der Waals surface area contributed by atoms with Gasteiger partial charge in [0.15, 0.2) is 0 Å². The Kier molecular flexibility index (Phi) is 11.7. The van der Waals surface area contributed by atoms with Crippen molar-refractivity contribution in [2.24, 2.45) is 0 Å². The second-order valence-electron chi connectivity index (χ2n) is 23.5. The highest BCUT2D eigenvalue weighted by Crippen LogP contribution is 2.65. The van der Waals surface area contributed by atoms with Gasteiger partial charge in [-0.3, -0.25) is 0 Å². The van der Waals surface area contributed by atoms with Crippen LogP contribution in [0.3, 0.4) is 0 Å². The lowest BCUT2D eigenvalue weighted by Crippen LogP contribution is -2.26. The molecule has 3 nitrogen and oxygen atoms in total. The standard InChI is InChI=1S/C85H55N3S/c1-5-24-56(25-6-1)58-44-48-63(49-45-58)86(61-28-9-3-10-29-61)65-52-60(72-55-73-69-34-16-21-41-78(69)88(62-30-11-4-12-31-62)83(73)82-71-36-17-22-43-80(71)89-84(72)82)53-66(54-65)87(64-50-46-59(47-51-64)57-26-7-2-8-27-57)79-42-23-40-77-81(79)70-35-15-20-39-76(70)85(77)74-37-18-13-32-67(74)68-33-14-19-38-75(68)85/h1-55H. The summed E-state index contributed by atoms with van der Waals surface area (Å²) in [4.78, 5) is 5.01. The molecule has 0 saturated heterocycles. The second kappa shape index (κ2) is 20.4. The van der Waals surface area contributed by atoms with Gasteiger partial charge in [-0.25, -0.2) is 0 Å². The summed E-state index contributed by atoms with van der Waals surface area (Å²) < 4.78 is 5.00. The zero-order chi connectivity index (χ0) is 58.6. The molecular formula is C85H55N3S. The first-order valence-electron chi connectivity index (χ1n) is 30.6. The molecule has 0 radical (unpaired) electrons. The summed E-state index contributed by atoms with van der Waals surface area (Å²) in [5, 5.41) is 4.94. The molecule has 89 heavy (non-hydrogen) atoms. The predicted octanol–water partition coefficient (Wildman–Crippen LogP) is 23.4. The van der Waals surface area contributed by atoms with Gasteiger partial charge in [0.05, 0.1) is 22.1 Å². The molecule has 2 aliphatic rings. The van der Waals surface area contributed by atoms with Gasteiger partial charge in [0, 0.05) is 76.2 Å². The van der Waals surface area contributed by atoms with Gasteiger partial charge in [0.25, 0.3) is 0 Å². The lowest BCUT2D eigenvalue weighted by molar-refractivity contribution is 0.794. The Bertz CT molecular complexity index is 5370. The van der Waals surface area contributed by atoms with E-state index in [0.717, 1.165) is 50.9 Å². The average Bonchev–Trinajstić information content (AvgIpc) is 1.52. The van der Waals surface area contributed by atoms with Crippen LogP contribution < -0.4 is 9.80 Å². The molecule has 0 atom stereocenters. The molecule has 0 unspecified atom stereocenters. The molecule has 2 aromatic heterocycles. The summed E-state index contributed by atoms with van der Waals surface area (Å²) in [6.45, 7) is 0. The van der Waals surface area contributed by atoms with Crippen LogP contribution >= 0.6 is 11.3 Å². The van der Waals surface area contributed by atoms with Gasteiger partial charge in [-0.15, -0.1) is 11.3 Å². The van der Waals surface area contributed by atoms with Gasteiger partial charge in [0.1, 0.15) is 0 Å². The smallest absolute Gasteiger partial charge is 0.0726 e. The summed E-state index contributed by atoms with van der Waals surface area (Å²) >= 11 is 1.89. The van der Waals surface area contributed by atoms with Crippen LogP contribution in [0.5, 0.6) is 0 Å². The minimum Gasteiger partial charge on any atom is -0.310 e. The first kappa shape index (κ1) is 51.0. The Hall–Kier alpha value is -11.3. The normalized spacial score (nSPS) is 12.6. The Labute approximate surface area is 521 Å². The fourth-order valence-corrected chi connectivity index (χ4v) is 16.3. The molecule has 4 heteroatoms. The molecule has 14 aromatic carbocycles. The van der Waals surface area contributed by atoms with Gasteiger partial charge < -0.3 is 14.4 Å². The van der Waals surface area contributed by atoms with Crippen LogP contribution in [0.4, 0.5) is 34.1 Å². The van der Waals surface area contributed by atoms with Crippen LogP contribution in [0, 0.1) is 0 Å². The molecule has 0 saturated carbocycles. The molecule has 0 aliphatic heterocycles. The number of fused-ring (bicyclic) bond motifs is 17. The lowest BCUT2D eigenvalue weighted by atomic mass is 9.70. The molecule has 16 aromatic rings. The third-order valence-corrected chi connectivity index (χ3v) is 19.9. The van der Waals surface area contributed by atoms with E-state index in [9.17, 15) is 0 Å². The average molecular weight is 1150 g/mol.